The summed E-state index contributed by atoms with van der Waals surface area (Å²) in [6.45, 7) is 0. The van der Waals surface area contributed by atoms with Crippen LogP contribution in [-0.2, 0) is 26.2 Å². The average Bonchev–Trinajstić information content (AvgIpc) is 3.29. The molecule has 0 saturated carbocycles. The van der Waals surface area contributed by atoms with Crippen molar-refractivity contribution in [3.63, 3.8) is 0 Å². The molecule has 204 valence electrons. The molecule has 1 saturated heterocycles. The third-order valence-electron chi connectivity index (χ3n) is 5.19. The minimum absolute atomic E-state index is 0.0470. The predicted molar refractivity (Wildman–Crippen MR) is 126 cm³/mol. The maximum atomic E-state index is 12.8. The van der Waals surface area contributed by atoms with Crippen LogP contribution < -0.4 is 11.1 Å². The molecule has 5 N–H and O–H groups in total. The number of aromatic nitrogens is 4. The Labute approximate surface area is 220 Å². The molecule has 2 aliphatic rings. The van der Waals surface area contributed by atoms with Gasteiger partial charge in [0.15, 0.2) is 0 Å². The Bertz CT molecular complexity index is 1260. The van der Waals surface area contributed by atoms with Crippen LogP contribution in [0.5, 0.6) is 0 Å². The summed E-state index contributed by atoms with van der Waals surface area (Å²) >= 11 is 2.69. The molecule has 2 amide bonds. The summed E-state index contributed by atoms with van der Waals surface area (Å²) in [6, 6.07) is 7.09. The number of alkyl halides is 3. The van der Waals surface area contributed by atoms with Gasteiger partial charge in [0, 0.05) is 18.6 Å². The van der Waals surface area contributed by atoms with Crippen molar-refractivity contribution in [2.75, 3.05) is 11.5 Å². The first kappa shape index (κ1) is 28.9. The van der Waals surface area contributed by atoms with Gasteiger partial charge in [-0.2, -0.15) is 13.2 Å². The van der Waals surface area contributed by atoms with E-state index >= 15 is 0 Å². The summed E-state index contributed by atoms with van der Waals surface area (Å²) in [5.74, 6) is -4.16. The number of nitrogens with zero attached hydrogens (tertiary/aromatic N) is 5. The molecule has 1 fully saturated rings. The van der Waals surface area contributed by atoms with Gasteiger partial charge in [0.25, 0.3) is 5.91 Å². The summed E-state index contributed by atoms with van der Waals surface area (Å²) in [4.78, 5) is 47.4. The van der Waals surface area contributed by atoms with E-state index in [4.69, 9.17) is 15.6 Å². The zero-order valence-electron chi connectivity index (χ0n) is 19.3. The SMILES string of the molecule is Cn1nnnc1SCC1=C(C(=O)O)N2C(=O)C(NC(=O)C(N)c3ccccc3)[C@H]2SC1.O=C(O)C(F)(F)F. The monoisotopic (exact) mass is 575 g/mol. The van der Waals surface area contributed by atoms with Crippen LogP contribution in [0.4, 0.5) is 13.2 Å². The zero-order valence-corrected chi connectivity index (χ0v) is 21.0. The minimum atomic E-state index is -5.08. The molecule has 13 nitrogen and oxygen atoms in total. The smallest absolute Gasteiger partial charge is 0.477 e. The number of nitrogens with one attached hydrogen (secondary N) is 1. The molecule has 0 bridgehead atoms. The molecule has 3 atom stereocenters. The minimum Gasteiger partial charge on any atom is -0.477 e. The first-order valence-corrected chi connectivity index (χ1v) is 12.5. The van der Waals surface area contributed by atoms with Gasteiger partial charge in [-0.3, -0.25) is 14.5 Å². The van der Waals surface area contributed by atoms with Crippen LogP contribution in [0.25, 0.3) is 0 Å². The number of carbonyl (C=O) groups excluding carboxylic acids is 2. The Morgan fingerprint density at radius 2 is 1.89 bits per heavy atom. The molecule has 4 rings (SSSR count). The number of hydrogen-bond donors (Lipinski definition) is 4. The van der Waals surface area contributed by atoms with Crippen molar-refractivity contribution < 1.29 is 42.6 Å². The number of carbonyl (C=O) groups is 4. The summed E-state index contributed by atoms with van der Waals surface area (Å²) < 4.78 is 33.2. The molecule has 3 heterocycles. The van der Waals surface area contributed by atoms with E-state index in [9.17, 15) is 32.7 Å². The molecule has 2 aromatic rings. The molecule has 18 heteroatoms. The highest BCUT2D eigenvalue weighted by atomic mass is 32.2. The lowest BCUT2D eigenvalue weighted by molar-refractivity contribution is -0.192. The second-order valence-corrected chi connectivity index (χ2v) is 9.77. The van der Waals surface area contributed by atoms with Crippen LogP contribution in [0.3, 0.4) is 0 Å². The summed E-state index contributed by atoms with van der Waals surface area (Å²) in [7, 11) is 1.69. The topological polar surface area (TPSA) is 194 Å². The van der Waals surface area contributed by atoms with Crippen LogP contribution >= 0.6 is 23.5 Å². The largest absolute Gasteiger partial charge is 0.490 e. The number of halogens is 3. The molecule has 2 aliphatic heterocycles. The maximum absolute atomic E-state index is 12.8. The van der Waals surface area contributed by atoms with Gasteiger partial charge in [-0.1, -0.05) is 42.1 Å². The molecule has 0 aliphatic carbocycles. The third-order valence-corrected chi connectivity index (χ3v) is 7.62. The van der Waals surface area contributed by atoms with Gasteiger partial charge in [-0.25, -0.2) is 14.3 Å². The zero-order chi connectivity index (χ0) is 28.2. The van der Waals surface area contributed by atoms with E-state index in [1.165, 1.54) is 33.1 Å². The Balaban J connectivity index is 0.000000505. The fourth-order valence-corrected chi connectivity index (χ4v) is 5.68. The number of thioether (sulfide) groups is 2. The van der Waals surface area contributed by atoms with E-state index in [1.807, 2.05) is 6.07 Å². The molecular weight excluding hydrogens is 555 g/mol. The summed E-state index contributed by atoms with van der Waals surface area (Å²) in [5.41, 5.74) is 7.19. The van der Waals surface area contributed by atoms with Crippen LogP contribution in [0, 0.1) is 0 Å². The average molecular weight is 576 g/mol. The van der Waals surface area contributed by atoms with Crippen molar-refractivity contribution in [1.29, 1.82) is 0 Å². The van der Waals surface area contributed by atoms with E-state index < -0.39 is 47.4 Å². The van der Waals surface area contributed by atoms with E-state index in [2.05, 4.69) is 20.8 Å². The van der Waals surface area contributed by atoms with Crippen LogP contribution in [-0.4, -0.2) is 88.2 Å². The molecule has 0 spiro atoms. The predicted octanol–water partition coefficient (Wildman–Crippen LogP) is 0.374. The molecule has 38 heavy (non-hydrogen) atoms. The van der Waals surface area contributed by atoms with E-state index in [0.29, 0.717) is 27.8 Å². The molecular formula is C20H20F3N7O6S2. The van der Waals surface area contributed by atoms with Crippen molar-refractivity contribution in [2.24, 2.45) is 12.8 Å². The number of amides is 2. The Morgan fingerprint density at radius 3 is 2.42 bits per heavy atom. The fourth-order valence-electron chi connectivity index (χ4n) is 3.34. The normalized spacial score (nSPS) is 19.5. The quantitative estimate of drug-likeness (QED) is 0.262. The van der Waals surface area contributed by atoms with E-state index in [-0.39, 0.29) is 5.70 Å². The molecule has 1 aromatic carbocycles. The van der Waals surface area contributed by atoms with Gasteiger partial charge in [0.2, 0.25) is 11.1 Å². The van der Waals surface area contributed by atoms with Gasteiger partial charge in [-0.05, 0) is 21.6 Å². The van der Waals surface area contributed by atoms with Crippen LogP contribution in [0.2, 0.25) is 0 Å². The van der Waals surface area contributed by atoms with E-state index in [0.717, 1.165) is 0 Å². The van der Waals surface area contributed by atoms with Gasteiger partial charge in [0.05, 0.1) is 0 Å². The van der Waals surface area contributed by atoms with Crippen molar-refractivity contribution in [3.8, 4) is 0 Å². The second-order valence-electron chi connectivity index (χ2n) is 7.72. The lowest BCUT2D eigenvalue weighted by atomic mass is 10.0. The number of carboxylic acids is 2. The third kappa shape index (κ3) is 6.43. The lowest BCUT2D eigenvalue weighted by Crippen LogP contribution is -2.71. The van der Waals surface area contributed by atoms with Gasteiger partial charge < -0.3 is 21.3 Å². The summed E-state index contributed by atoms with van der Waals surface area (Å²) in [6.07, 6.45) is -5.08. The highest BCUT2D eigenvalue weighted by molar-refractivity contribution is 8.01. The lowest BCUT2D eigenvalue weighted by Gasteiger charge is -2.49. The Morgan fingerprint density at radius 1 is 1.26 bits per heavy atom. The maximum Gasteiger partial charge on any atom is 0.490 e. The van der Waals surface area contributed by atoms with Crippen molar-refractivity contribution >= 4 is 47.3 Å². The van der Waals surface area contributed by atoms with Gasteiger partial charge >= 0.3 is 18.1 Å². The second kappa shape index (κ2) is 11.8. The first-order valence-electron chi connectivity index (χ1n) is 10.5. The number of hydrogen-bond acceptors (Lipinski definition) is 10. The number of tetrazole rings is 1. The highest BCUT2D eigenvalue weighted by Gasteiger charge is 2.54. The van der Waals surface area contributed by atoms with Gasteiger partial charge in [-0.15, -0.1) is 16.9 Å². The number of rotatable bonds is 7. The van der Waals surface area contributed by atoms with Crippen molar-refractivity contribution in [3.05, 3.63) is 47.2 Å². The molecule has 1 aromatic heterocycles. The highest BCUT2D eigenvalue weighted by Crippen LogP contribution is 2.41. The van der Waals surface area contributed by atoms with Crippen molar-refractivity contribution in [1.82, 2.24) is 30.4 Å². The fraction of sp³-hybridized carbons (Fsp3) is 0.350. The van der Waals surface area contributed by atoms with E-state index in [1.54, 1.807) is 31.3 Å². The number of nitrogens with two attached hydrogens (primary N) is 1. The van der Waals surface area contributed by atoms with Gasteiger partial charge in [0.1, 0.15) is 23.2 Å². The number of aliphatic carboxylic acids is 2. The standard InChI is InChI=1S/C18H19N7O4S2.C2HF3O2/c1-24-18(21-22-23-24)31-8-10-7-30-16-12(15(27)25(16)13(10)17(28)29)20-14(26)11(19)9-5-3-2-4-6-9;3-2(4,5)1(6)7/h2-6,11-12,16H,7-8,19H2,1H3,(H,20,26)(H,28,29);(H,6,7)/t11?,12?,16-;/m1./s1. The number of fused-ring (bicyclic) bond motifs is 1. The molecule has 0 radical (unpaired) electrons. The van der Waals surface area contributed by atoms with Crippen LogP contribution in [0.15, 0.2) is 46.8 Å². The first-order chi connectivity index (χ1) is 17.8. The number of benzene rings is 1. The van der Waals surface area contributed by atoms with Crippen molar-refractivity contribution in [2.45, 2.75) is 28.8 Å². The number of carboxylic acid groups (broad SMARTS) is 2. The Kier molecular flexibility index (Phi) is 9.00. The Hall–Kier alpha value is -3.64. The van der Waals surface area contributed by atoms with Crippen LogP contribution in [0.1, 0.15) is 11.6 Å². The molecule has 2 unspecified atom stereocenters. The number of aryl methyl sites for hydroxylation is 1. The summed E-state index contributed by atoms with van der Waals surface area (Å²) in [5, 5.41) is 30.8. The number of β-lactam (4-membered cyclic amide) rings is 1.